The Balaban J connectivity index is 4.23. The summed E-state index contributed by atoms with van der Waals surface area (Å²) < 4.78 is 16.9. The molecule has 0 aliphatic rings. The SMILES string of the molecule is CCCCCCC/C=C\C/C=C\C/C=C\CCCCCCCCCCCCC(=O)OCC(COC(=O)CCCCCCCCCCCC)OC(=O)CCCCCCCCCCCCC/C=C\C/C=C\CCCCCCC. The van der Waals surface area contributed by atoms with Crippen molar-refractivity contribution in [1.82, 2.24) is 0 Å². The molecule has 0 aromatic heterocycles. The lowest BCUT2D eigenvalue weighted by atomic mass is 10.0. The van der Waals surface area contributed by atoms with E-state index < -0.39 is 6.10 Å². The van der Waals surface area contributed by atoms with Gasteiger partial charge in [-0.2, -0.15) is 0 Å². The van der Waals surface area contributed by atoms with Gasteiger partial charge in [0, 0.05) is 19.3 Å². The van der Waals surface area contributed by atoms with Crippen LogP contribution < -0.4 is 0 Å². The largest absolute Gasteiger partial charge is 0.462 e. The van der Waals surface area contributed by atoms with Crippen LogP contribution in [0.3, 0.4) is 0 Å². The highest BCUT2D eigenvalue weighted by Gasteiger charge is 2.19. The standard InChI is InChI=1S/C70H126O6/c1-4-7-10-13-16-19-22-24-26-28-30-32-34-35-37-38-40-42-44-46-48-51-54-57-60-63-69(72)75-66-67(65-74-68(71)62-59-56-53-50-21-18-15-12-9-6-3)76-70(73)64-61-58-55-52-49-47-45-43-41-39-36-33-31-29-27-25-23-20-17-14-11-8-5-2/h22-25,28-31,34-35,67H,4-21,26-27,32-33,36-66H2,1-3H3/b24-22-,25-23-,30-28-,31-29-,35-34-. The van der Waals surface area contributed by atoms with E-state index in [9.17, 15) is 14.4 Å². The Morgan fingerprint density at radius 1 is 0.263 bits per heavy atom. The molecule has 0 heterocycles. The topological polar surface area (TPSA) is 78.9 Å². The fraction of sp³-hybridized carbons (Fsp3) is 0.814. The molecule has 0 aliphatic carbocycles. The Morgan fingerprint density at radius 3 is 0.737 bits per heavy atom. The molecule has 6 nitrogen and oxygen atoms in total. The van der Waals surface area contributed by atoms with Gasteiger partial charge in [-0.3, -0.25) is 14.4 Å². The molecule has 0 radical (unpaired) electrons. The predicted molar refractivity (Wildman–Crippen MR) is 330 cm³/mol. The van der Waals surface area contributed by atoms with E-state index in [2.05, 4.69) is 81.5 Å². The van der Waals surface area contributed by atoms with Crippen LogP contribution in [0.15, 0.2) is 60.8 Å². The molecule has 0 spiro atoms. The molecule has 0 aromatic rings. The number of allylic oxidation sites excluding steroid dienone is 10. The summed E-state index contributed by atoms with van der Waals surface area (Å²) in [6.45, 7) is 6.65. The van der Waals surface area contributed by atoms with Crippen LogP contribution in [0, 0.1) is 0 Å². The fourth-order valence-electron chi connectivity index (χ4n) is 9.72. The van der Waals surface area contributed by atoms with Gasteiger partial charge in [0.05, 0.1) is 0 Å². The average Bonchev–Trinajstić information content (AvgIpc) is 3.42. The Hall–Kier alpha value is -2.89. The first kappa shape index (κ1) is 73.1. The zero-order valence-corrected chi connectivity index (χ0v) is 50.8. The summed E-state index contributed by atoms with van der Waals surface area (Å²) >= 11 is 0. The number of esters is 3. The Morgan fingerprint density at radius 2 is 0.474 bits per heavy atom. The Bertz CT molecular complexity index is 1360. The smallest absolute Gasteiger partial charge is 0.306 e. The summed E-state index contributed by atoms with van der Waals surface area (Å²) in [6.07, 6.45) is 82.4. The third-order valence-corrected chi connectivity index (χ3v) is 14.7. The van der Waals surface area contributed by atoms with Gasteiger partial charge < -0.3 is 14.2 Å². The maximum Gasteiger partial charge on any atom is 0.306 e. The van der Waals surface area contributed by atoms with Crippen LogP contribution >= 0.6 is 0 Å². The van der Waals surface area contributed by atoms with Crippen LogP contribution in [0.25, 0.3) is 0 Å². The molecule has 0 bridgehead atoms. The molecule has 0 amide bonds. The lowest BCUT2D eigenvalue weighted by Gasteiger charge is -2.18. The monoisotopic (exact) mass is 1060 g/mol. The van der Waals surface area contributed by atoms with Gasteiger partial charge in [-0.1, -0.05) is 300 Å². The Kier molecular flexibility index (Phi) is 62.2. The minimum atomic E-state index is -0.775. The molecular formula is C70H126O6. The van der Waals surface area contributed by atoms with Gasteiger partial charge in [0.2, 0.25) is 0 Å². The summed E-state index contributed by atoms with van der Waals surface area (Å²) in [5, 5.41) is 0. The normalized spacial score (nSPS) is 12.4. The second kappa shape index (κ2) is 64.6. The molecule has 0 saturated heterocycles. The number of rotatable bonds is 61. The van der Waals surface area contributed by atoms with Crippen molar-refractivity contribution in [2.24, 2.45) is 0 Å². The summed E-state index contributed by atoms with van der Waals surface area (Å²) in [6, 6.07) is 0. The third kappa shape index (κ3) is 62.0. The Labute approximate surface area is 472 Å². The molecular weight excluding hydrogens is 937 g/mol. The number of ether oxygens (including phenoxy) is 3. The van der Waals surface area contributed by atoms with Crippen LogP contribution in [0.2, 0.25) is 0 Å². The lowest BCUT2D eigenvalue weighted by Crippen LogP contribution is -2.30. The van der Waals surface area contributed by atoms with Gasteiger partial charge in [-0.15, -0.1) is 0 Å². The highest BCUT2D eigenvalue weighted by atomic mass is 16.6. The molecule has 1 unspecified atom stereocenters. The van der Waals surface area contributed by atoms with Crippen molar-refractivity contribution in [2.45, 2.75) is 354 Å². The lowest BCUT2D eigenvalue weighted by molar-refractivity contribution is -0.167. The molecule has 0 fully saturated rings. The van der Waals surface area contributed by atoms with Crippen molar-refractivity contribution in [3.05, 3.63) is 60.8 Å². The highest BCUT2D eigenvalue weighted by molar-refractivity contribution is 5.71. The molecule has 0 aliphatic heterocycles. The summed E-state index contributed by atoms with van der Waals surface area (Å²) in [5.41, 5.74) is 0. The summed E-state index contributed by atoms with van der Waals surface area (Å²) in [5.74, 6) is -0.862. The van der Waals surface area contributed by atoms with Crippen molar-refractivity contribution in [1.29, 1.82) is 0 Å². The van der Waals surface area contributed by atoms with Crippen LogP contribution in [-0.2, 0) is 28.6 Å². The van der Waals surface area contributed by atoms with Crippen molar-refractivity contribution < 1.29 is 28.6 Å². The first-order valence-corrected chi connectivity index (χ1v) is 33.3. The van der Waals surface area contributed by atoms with Gasteiger partial charge in [0.1, 0.15) is 13.2 Å². The minimum Gasteiger partial charge on any atom is -0.462 e. The van der Waals surface area contributed by atoms with E-state index in [0.29, 0.717) is 19.3 Å². The summed E-state index contributed by atoms with van der Waals surface area (Å²) in [4.78, 5) is 38.3. The van der Waals surface area contributed by atoms with Crippen LogP contribution in [0.1, 0.15) is 348 Å². The molecule has 0 rings (SSSR count). The second-order valence-electron chi connectivity index (χ2n) is 22.4. The molecule has 1 atom stereocenters. The zero-order chi connectivity index (χ0) is 55.0. The van der Waals surface area contributed by atoms with Gasteiger partial charge >= 0.3 is 17.9 Å². The number of hydrogen-bond acceptors (Lipinski definition) is 6. The first-order chi connectivity index (χ1) is 37.5. The van der Waals surface area contributed by atoms with E-state index in [4.69, 9.17) is 14.2 Å². The van der Waals surface area contributed by atoms with E-state index in [0.717, 1.165) is 77.0 Å². The van der Waals surface area contributed by atoms with Crippen LogP contribution in [0.4, 0.5) is 0 Å². The van der Waals surface area contributed by atoms with Gasteiger partial charge in [0.25, 0.3) is 0 Å². The number of hydrogen-bond donors (Lipinski definition) is 0. The van der Waals surface area contributed by atoms with Crippen molar-refractivity contribution in [2.75, 3.05) is 13.2 Å². The highest BCUT2D eigenvalue weighted by Crippen LogP contribution is 2.17. The van der Waals surface area contributed by atoms with E-state index in [-0.39, 0.29) is 31.1 Å². The van der Waals surface area contributed by atoms with Crippen molar-refractivity contribution in [3.63, 3.8) is 0 Å². The quantitative estimate of drug-likeness (QED) is 0.0261. The molecule has 6 heteroatoms. The van der Waals surface area contributed by atoms with Crippen molar-refractivity contribution in [3.8, 4) is 0 Å². The van der Waals surface area contributed by atoms with Gasteiger partial charge in [-0.25, -0.2) is 0 Å². The van der Waals surface area contributed by atoms with Gasteiger partial charge in [0.15, 0.2) is 6.10 Å². The molecule has 442 valence electrons. The van der Waals surface area contributed by atoms with E-state index in [1.54, 1.807) is 0 Å². The maximum atomic E-state index is 12.9. The van der Waals surface area contributed by atoms with Crippen LogP contribution in [0.5, 0.6) is 0 Å². The predicted octanol–water partition coefficient (Wildman–Crippen LogP) is 22.7. The first-order valence-electron chi connectivity index (χ1n) is 33.3. The second-order valence-corrected chi connectivity index (χ2v) is 22.4. The molecule has 76 heavy (non-hydrogen) atoms. The fourth-order valence-corrected chi connectivity index (χ4v) is 9.72. The average molecular weight is 1060 g/mol. The third-order valence-electron chi connectivity index (χ3n) is 14.7. The molecule has 0 saturated carbocycles. The summed E-state index contributed by atoms with van der Waals surface area (Å²) in [7, 11) is 0. The molecule has 0 N–H and O–H groups in total. The van der Waals surface area contributed by atoms with Crippen molar-refractivity contribution >= 4 is 17.9 Å². The van der Waals surface area contributed by atoms with E-state index in [1.807, 2.05) is 0 Å². The zero-order valence-electron chi connectivity index (χ0n) is 50.8. The number of unbranched alkanes of at least 4 members (excludes halogenated alkanes) is 40. The minimum absolute atomic E-state index is 0.0728. The number of carbonyl (C=O) groups excluding carboxylic acids is 3. The molecule has 0 aromatic carbocycles. The number of carbonyl (C=O) groups is 3. The van der Waals surface area contributed by atoms with E-state index in [1.165, 1.54) is 231 Å². The van der Waals surface area contributed by atoms with Gasteiger partial charge in [-0.05, 0) is 89.9 Å². The van der Waals surface area contributed by atoms with Crippen LogP contribution in [-0.4, -0.2) is 37.2 Å². The van der Waals surface area contributed by atoms with E-state index >= 15 is 0 Å². The maximum absolute atomic E-state index is 12.9.